The van der Waals surface area contributed by atoms with E-state index in [0.717, 1.165) is 32.1 Å². The minimum absolute atomic E-state index is 0.0256. The fraction of sp³-hybridized carbons (Fsp3) is 0.474. The van der Waals surface area contributed by atoms with Gasteiger partial charge in [0.15, 0.2) is 0 Å². The monoisotopic (exact) mass is 357 g/mol. The van der Waals surface area contributed by atoms with E-state index in [0.29, 0.717) is 17.5 Å². The van der Waals surface area contributed by atoms with Crippen LogP contribution in [0.3, 0.4) is 0 Å². The first-order valence-corrected chi connectivity index (χ1v) is 9.12. The summed E-state index contributed by atoms with van der Waals surface area (Å²) in [6, 6.07) is 6.69. The van der Waals surface area contributed by atoms with Gasteiger partial charge in [-0.2, -0.15) is 0 Å². The van der Waals surface area contributed by atoms with Crippen molar-refractivity contribution in [3.8, 4) is 0 Å². The second-order valence-electron chi connectivity index (χ2n) is 6.78. The Bertz CT molecular complexity index is 690. The molecule has 0 spiro atoms. The highest BCUT2D eigenvalue weighted by Gasteiger charge is 2.34. The lowest BCUT2D eigenvalue weighted by molar-refractivity contribution is -0.131. The Morgan fingerprint density at radius 1 is 0.962 bits per heavy atom. The van der Waals surface area contributed by atoms with Gasteiger partial charge < -0.3 is 0 Å². The Morgan fingerprint density at radius 2 is 1.58 bits per heavy atom. The Hall–Kier alpha value is -2.70. The maximum absolute atomic E-state index is 12.2. The average molecular weight is 357 g/mol. The lowest BCUT2D eigenvalue weighted by Crippen LogP contribution is -2.45. The van der Waals surface area contributed by atoms with Gasteiger partial charge in [0.1, 0.15) is 0 Å². The Kier molecular flexibility index (Phi) is 5.65. The highest BCUT2D eigenvalue weighted by molar-refractivity contribution is 6.21. The number of nitrogens with one attached hydrogen (secondary N) is 2. The van der Waals surface area contributed by atoms with Crippen LogP contribution in [0, 0.1) is 5.92 Å². The molecular formula is C19H23N3O4. The average Bonchev–Trinajstić information content (AvgIpc) is 2.92. The summed E-state index contributed by atoms with van der Waals surface area (Å²) in [5, 5.41) is 0. The van der Waals surface area contributed by atoms with Crippen molar-refractivity contribution in [1.29, 1.82) is 0 Å². The lowest BCUT2D eigenvalue weighted by atomic mass is 9.89. The highest BCUT2D eigenvalue weighted by atomic mass is 16.2. The molecule has 0 unspecified atom stereocenters. The minimum Gasteiger partial charge on any atom is -0.274 e. The number of hydrogen-bond acceptors (Lipinski definition) is 4. The molecule has 0 saturated heterocycles. The maximum Gasteiger partial charge on any atom is 0.261 e. The second kappa shape index (κ2) is 8.12. The van der Waals surface area contributed by atoms with Crippen molar-refractivity contribution in [2.24, 2.45) is 5.92 Å². The number of benzene rings is 1. The van der Waals surface area contributed by atoms with Crippen molar-refractivity contribution in [2.75, 3.05) is 6.54 Å². The molecule has 1 aromatic carbocycles. The number of imide groups is 1. The predicted molar refractivity (Wildman–Crippen MR) is 93.9 cm³/mol. The Morgan fingerprint density at radius 3 is 2.19 bits per heavy atom. The van der Waals surface area contributed by atoms with Gasteiger partial charge in [0.05, 0.1) is 11.1 Å². The fourth-order valence-corrected chi connectivity index (χ4v) is 3.50. The third-order valence-electron chi connectivity index (χ3n) is 4.96. The van der Waals surface area contributed by atoms with Gasteiger partial charge in [0, 0.05) is 18.9 Å². The zero-order valence-corrected chi connectivity index (χ0v) is 14.6. The Balaban J connectivity index is 1.40. The third kappa shape index (κ3) is 3.92. The van der Waals surface area contributed by atoms with Crippen LogP contribution in [0.15, 0.2) is 24.3 Å². The van der Waals surface area contributed by atoms with Crippen LogP contribution < -0.4 is 10.9 Å². The molecule has 1 aliphatic carbocycles. The molecule has 0 bridgehead atoms. The number of amides is 4. The van der Waals surface area contributed by atoms with Crippen molar-refractivity contribution < 1.29 is 19.2 Å². The Labute approximate surface area is 152 Å². The number of carbonyl (C=O) groups is 4. The van der Waals surface area contributed by atoms with Crippen LogP contribution in [0.1, 0.15) is 65.7 Å². The molecule has 0 aromatic heterocycles. The molecule has 1 heterocycles. The van der Waals surface area contributed by atoms with E-state index < -0.39 is 0 Å². The summed E-state index contributed by atoms with van der Waals surface area (Å²) in [4.78, 5) is 49.5. The third-order valence-corrected chi connectivity index (χ3v) is 4.96. The second-order valence-corrected chi connectivity index (χ2v) is 6.78. The van der Waals surface area contributed by atoms with E-state index in [9.17, 15) is 19.2 Å². The molecule has 26 heavy (non-hydrogen) atoms. The summed E-state index contributed by atoms with van der Waals surface area (Å²) in [5.41, 5.74) is 5.70. The number of carbonyl (C=O) groups excluding carboxylic acids is 4. The van der Waals surface area contributed by atoms with Gasteiger partial charge in [0.2, 0.25) is 11.8 Å². The van der Waals surface area contributed by atoms with E-state index in [1.165, 1.54) is 4.90 Å². The quantitative estimate of drug-likeness (QED) is 0.620. The molecule has 0 radical (unpaired) electrons. The van der Waals surface area contributed by atoms with E-state index in [1.807, 2.05) is 0 Å². The molecule has 1 fully saturated rings. The first kappa shape index (κ1) is 18.1. The van der Waals surface area contributed by atoms with Gasteiger partial charge in [-0.15, -0.1) is 0 Å². The van der Waals surface area contributed by atoms with E-state index in [-0.39, 0.29) is 42.5 Å². The van der Waals surface area contributed by atoms with Gasteiger partial charge in [-0.25, -0.2) is 0 Å². The molecule has 1 aliphatic heterocycles. The molecule has 2 aliphatic rings. The number of rotatable bonds is 5. The van der Waals surface area contributed by atoms with Gasteiger partial charge in [-0.1, -0.05) is 31.4 Å². The van der Waals surface area contributed by atoms with Gasteiger partial charge in [-0.3, -0.25) is 34.9 Å². The van der Waals surface area contributed by atoms with Crippen molar-refractivity contribution in [3.63, 3.8) is 0 Å². The lowest BCUT2D eigenvalue weighted by Gasteiger charge is -2.20. The van der Waals surface area contributed by atoms with Crippen LogP contribution in [0.5, 0.6) is 0 Å². The molecule has 7 heteroatoms. The van der Waals surface area contributed by atoms with Crippen molar-refractivity contribution in [3.05, 3.63) is 35.4 Å². The largest absolute Gasteiger partial charge is 0.274 e. The summed E-state index contributed by atoms with van der Waals surface area (Å²) in [5.74, 6) is -1.14. The number of nitrogens with zero attached hydrogens (tertiary/aromatic N) is 1. The zero-order valence-electron chi connectivity index (χ0n) is 14.6. The van der Waals surface area contributed by atoms with Crippen molar-refractivity contribution in [2.45, 2.75) is 44.9 Å². The van der Waals surface area contributed by atoms with Gasteiger partial charge >= 0.3 is 0 Å². The zero-order chi connectivity index (χ0) is 18.5. The summed E-state index contributed by atoms with van der Waals surface area (Å²) in [7, 11) is 0. The molecule has 2 N–H and O–H groups in total. The first-order chi connectivity index (χ1) is 12.6. The smallest absolute Gasteiger partial charge is 0.261 e. The maximum atomic E-state index is 12.2. The first-order valence-electron chi connectivity index (χ1n) is 9.12. The normalized spacial score (nSPS) is 17.2. The summed E-state index contributed by atoms with van der Waals surface area (Å²) >= 11 is 0. The van der Waals surface area contributed by atoms with E-state index in [2.05, 4.69) is 10.9 Å². The summed E-state index contributed by atoms with van der Waals surface area (Å²) in [6.45, 7) is 0.177. The van der Waals surface area contributed by atoms with E-state index >= 15 is 0 Å². The van der Waals surface area contributed by atoms with Crippen LogP contribution in [-0.4, -0.2) is 35.1 Å². The van der Waals surface area contributed by atoms with Gasteiger partial charge in [-0.05, 0) is 31.4 Å². The molecule has 1 aromatic rings. The fourth-order valence-electron chi connectivity index (χ4n) is 3.50. The molecule has 3 rings (SSSR count). The molecule has 4 amide bonds. The van der Waals surface area contributed by atoms with Crippen LogP contribution in [-0.2, 0) is 9.59 Å². The predicted octanol–water partition coefficient (Wildman–Crippen LogP) is 1.79. The molecule has 138 valence electrons. The van der Waals surface area contributed by atoms with E-state index in [4.69, 9.17) is 0 Å². The topological polar surface area (TPSA) is 95.6 Å². The minimum atomic E-state index is -0.328. The van der Waals surface area contributed by atoms with Crippen molar-refractivity contribution in [1.82, 2.24) is 15.8 Å². The standard InChI is InChI=1S/C19H23N3O4/c23-16(20-21-17(24)13-7-2-1-3-8-13)11-6-12-22-18(25)14-9-4-5-10-15(14)19(22)26/h4-5,9-10,13H,1-3,6-8,11-12H2,(H,20,23)(H,21,24). The van der Waals surface area contributed by atoms with Crippen LogP contribution in [0.4, 0.5) is 0 Å². The summed E-state index contributed by atoms with van der Waals surface area (Å²) < 4.78 is 0. The highest BCUT2D eigenvalue weighted by Crippen LogP contribution is 2.24. The van der Waals surface area contributed by atoms with Crippen LogP contribution >= 0.6 is 0 Å². The molecular weight excluding hydrogens is 334 g/mol. The molecule has 7 nitrogen and oxygen atoms in total. The number of hydrazine groups is 1. The molecule has 0 atom stereocenters. The summed E-state index contributed by atoms with van der Waals surface area (Å²) in [6.07, 6.45) is 5.45. The SMILES string of the molecule is O=C(CCCN1C(=O)c2ccccc2C1=O)NNC(=O)C1CCCCC1. The van der Waals surface area contributed by atoms with Crippen LogP contribution in [0.2, 0.25) is 0 Å². The number of hydrogen-bond donors (Lipinski definition) is 2. The van der Waals surface area contributed by atoms with Crippen molar-refractivity contribution >= 4 is 23.6 Å². The number of fused-ring (bicyclic) bond motifs is 1. The molecule has 1 saturated carbocycles. The van der Waals surface area contributed by atoms with Crippen LogP contribution in [0.25, 0.3) is 0 Å². The van der Waals surface area contributed by atoms with E-state index in [1.54, 1.807) is 24.3 Å². The van der Waals surface area contributed by atoms with Gasteiger partial charge in [0.25, 0.3) is 11.8 Å².